The van der Waals surface area contributed by atoms with Gasteiger partial charge in [0.15, 0.2) is 0 Å². The minimum atomic E-state index is 0.435. The fourth-order valence-electron chi connectivity index (χ4n) is 1.57. The predicted octanol–water partition coefficient (Wildman–Crippen LogP) is 2.54. The highest BCUT2D eigenvalue weighted by molar-refractivity contribution is 7.98. The van der Waals surface area contributed by atoms with Crippen molar-refractivity contribution in [2.24, 2.45) is 5.73 Å². The first-order chi connectivity index (χ1) is 8.29. The van der Waals surface area contributed by atoms with Crippen LogP contribution in [0.4, 0.5) is 0 Å². The van der Waals surface area contributed by atoms with Crippen LogP contribution in [0.1, 0.15) is 16.8 Å². The number of hydrogen-bond donors (Lipinski definition) is 1. The minimum absolute atomic E-state index is 0.435. The van der Waals surface area contributed by atoms with Gasteiger partial charge >= 0.3 is 0 Å². The lowest BCUT2D eigenvalue weighted by molar-refractivity contribution is 0.886. The minimum Gasteiger partial charge on any atom is -0.325 e. The summed E-state index contributed by atoms with van der Waals surface area (Å²) in [6, 6.07) is 8.48. The lowest BCUT2D eigenvalue weighted by Gasteiger charge is -2.05. The number of rotatable bonds is 4. The number of nitrogens with zero attached hydrogens (tertiary/aromatic N) is 2. The van der Waals surface area contributed by atoms with E-state index >= 15 is 0 Å². The van der Waals surface area contributed by atoms with Crippen molar-refractivity contribution in [2.75, 3.05) is 0 Å². The monoisotopic (exact) mass is 245 g/mol. The molecule has 4 heteroatoms. The topological polar surface area (TPSA) is 51.8 Å². The highest BCUT2D eigenvalue weighted by atomic mass is 32.2. The number of thioether (sulfide) groups is 1. The summed E-state index contributed by atoms with van der Waals surface area (Å²) in [6.45, 7) is 2.53. The molecule has 0 radical (unpaired) electrons. The third-order valence-electron chi connectivity index (χ3n) is 2.39. The number of aromatic nitrogens is 2. The van der Waals surface area contributed by atoms with Crippen LogP contribution in [0.5, 0.6) is 0 Å². The molecular weight excluding hydrogens is 230 g/mol. The molecule has 0 spiro atoms. The number of aryl methyl sites for hydroxylation is 1. The van der Waals surface area contributed by atoms with E-state index in [-0.39, 0.29) is 0 Å². The van der Waals surface area contributed by atoms with Crippen LogP contribution in [0.2, 0.25) is 0 Å². The van der Waals surface area contributed by atoms with Crippen LogP contribution in [-0.4, -0.2) is 9.97 Å². The zero-order valence-electron chi connectivity index (χ0n) is 9.76. The van der Waals surface area contributed by atoms with E-state index in [0.29, 0.717) is 6.54 Å². The second-order valence-corrected chi connectivity index (χ2v) is 4.75. The van der Waals surface area contributed by atoms with Crippen LogP contribution in [0.15, 0.2) is 41.7 Å². The van der Waals surface area contributed by atoms with E-state index in [1.807, 2.05) is 0 Å². The summed E-state index contributed by atoms with van der Waals surface area (Å²) < 4.78 is 0. The van der Waals surface area contributed by atoms with E-state index in [9.17, 15) is 0 Å². The summed E-state index contributed by atoms with van der Waals surface area (Å²) in [7, 11) is 0. The molecule has 0 saturated heterocycles. The van der Waals surface area contributed by atoms with Crippen molar-refractivity contribution in [2.45, 2.75) is 24.2 Å². The molecule has 0 fully saturated rings. The SMILES string of the molecule is Cc1cccc(CSc2nccnc2CN)c1. The van der Waals surface area contributed by atoms with Crippen molar-refractivity contribution in [1.82, 2.24) is 9.97 Å². The molecule has 2 rings (SSSR count). The van der Waals surface area contributed by atoms with Crippen molar-refractivity contribution in [3.63, 3.8) is 0 Å². The molecule has 0 aliphatic rings. The molecule has 1 aromatic carbocycles. The van der Waals surface area contributed by atoms with Crippen molar-refractivity contribution in [3.05, 3.63) is 53.5 Å². The highest BCUT2D eigenvalue weighted by Crippen LogP contribution is 2.22. The van der Waals surface area contributed by atoms with Gasteiger partial charge in [0.2, 0.25) is 0 Å². The van der Waals surface area contributed by atoms with Crippen LogP contribution in [0.25, 0.3) is 0 Å². The molecule has 0 amide bonds. The number of nitrogens with two attached hydrogens (primary N) is 1. The maximum absolute atomic E-state index is 5.63. The van der Waals surface area contributed by atoms with Crippen molar-refractivity contribution < 1.29 is 0 Å². The quantitative estimate of drug-likeness (QED) is 0.841. The van der Waals surface area contributed by atoms with Crippen molar-refractivity contribution in [3.8, 4) is 0 Å². The lowest BCUT2D eigenvalue weighted by Crippen LogP contribution is -2.02. The molecule has 2 aromatic rings. The van der Waals surface area contributed by atoms with Crippen molar-refractivity contribution >= 4 is 11.8 Å². The van der Waals surface area contributed by atoms with E-state index in [1.165, 1.54) is 11.1 Å². The lowest BCUT2D eigenvalue weighted by atomic mass is 10.2. The largest absolute Gasteiger partial charge is 0.325 e. The molecule has 17 heavy (non-hydrogen) atoms. The number of hydrogen-bond acceptors (Lipinski definition) is 4. The van der Waals surface area contributed by atoms with Gasteiger partial charge in [-0.1, -0.05) is 41.6 Å². The van der Waals surface area contributed by atoms with Gasteiger partial charge in [-0.15, -0.1) is 0 Å². The van der Waals surface area contributed by atoms with E-state index < -0.39 is 0 Å². The van der Waals surface area contributed by atoms with Gasteiger partial charge in [-0.2, -0.15) is 0 Å². The zero-order chi connectivity index (χ0) is 12.1. The van der Waals surface area contributed by atoms with Gasteiger partial charge in [-0.25, -0.2) is 4.98 Å². The zero-order valence-corrected chi connectivity index (χ0v) is 10.6. The fraction of sp³-hybridized carbons (Fsp3) is 0.231. The molecular formula is C13H15N3S. The molecule has 0 unspecified atom stereocenters. The Morgan fingerprint density at radius 3 is 2.82 bits per heavy atom. The Kier molecular flexibility index (Phi) is 4.12. The second-order valence-electron chi connectivity index (χ2n) is 3.79. The third kappa shape index (κ3) is 3.28. The third-order valence-corrected chi connectivity index (χ3v) is 3.48. The van der Waals surface area contributed by atoms with Gasteiger partial charge in [0.1, 0.15) is 5.03 Å². The molecule has 0 aliphatic heterocycles. The Morgan fingerprint density at radius 1 is 1.24 bits per heavy atom. The van der Waals surface area contributed by atoms with Gasteiger partial charge in [-0.05, 0) is 12.5 Å². The van der Waals surface area contributed by atoms with E-state index in [0.717, 1.165) is 16.5 Å². The van der Waals surface area contributed by atoms with Crippen molar-refractivity contribution in [1.29, 1.82) is 0 Å². The molecule has 0 atom stereocenters. The molecule has 88 valence electrons. The first-order valence-corrected chi connectivity index (χ1v) is 6.46. The van der Waals surface area contributed by atoms with E-state index in [4.69, 9.17) is 5.73 Å². The summed E-state index contributed by atoms with van der Waals surface area (Å²) in [5, 5.41) is 0.927. The van der Waals surface area contributed by atoms with Crippen LogP contribution >= 0.6 is 11.8 Å². The Morgan fingerprint density at radius 2 is 2.06 bits per heavy atom. The summed E-state index contributed by atoms with van der Waals surface area (Å²) in [4.78, 5) is 8.53. The van der Waals surface area contributed by atoms with Gasteiger partial charge in [-0.3, -0.25) is 4.98 Å². The Hall–Kier alpha value is -1.39. The number of benzene rings is 1. The molecule has 0 bridgehead atoms. The second kappa shape index (κ2) is 5.80. The molecule has 1 heterocycles. The predicted molar refractivity (Wildman–Crippen MR) is 70.7 cm³/mol. The Bertz CT molecular complexity index is 500. The maximum Gasteiger partial charge on any atom is 0.119 e. The van der Waals surface area contributed by atoms with Gasteiger partial charge in [0.25, 0.3) is 0 Å². The normalized spacial score (nSPS) is 10.5. The fourth-order valence-corrected chi connectivity index (χ4v) is 2.49. The first kappa shape index (κ1) is 12.1. The summed E-state index contributed by atoms with van der Waals surface area (Å²) in [5.74, 6) is 0.896. The van der Waals surface area contributed by atoms with Crippen LogP contribution in [-0.2, 0) is 12.3 Å². The highest BCUT2D eigenvalue weighted by Gasteiger charge is 2.04. The molecule has 2 N–H and O–H groups in total. The van der Waals surface area contributed by atoms with Crippen LogP contribution in [0.3, 0.4) is 0 Å². The smallest absolute Gasteiger partial charge is 0.119 e. The van der Waals surface area contributed by atoms with Crippen LogP contribution < -0.4 is 5.73 Å². The molecule has 0 aliphatic carbocycles. The first-order valence-electron chi connectivity index (χ1n) is 5.48. The van der Waals surface area contributed by atoms with Crippen LogP contribution in [0, 0.1) is 6.92 Å². The molecule has 0 saturated carbocycles. The summed E-state index contributed by atoms with van der Waals surface area (Å²) in [6.07, 6.45) is 3.39. The molecule has 3 nitrogen and oxygen atoms in total. The van der Waals surface area contributed by atoms with Gasteiger partial charge in [0.05, 0.1) is 5.69 Å². The van der Waals surface area contributed by atoms with E-state index in [2.05, 4.69) is 41.2 Å². The standard InChI is InChI=1S/C13H15N3S/c1-10-3-2-4-11(7-10)9-17-13-12(8-14)15-5-6-16-13/h2-7H,8-9,14H2,1H3. The maximum atomic E-state index is 5.63. The summed E-state index contributed by atoms with van der Waals surface area (Å²) >= 11 is 1.68. The average Bonchev–Trinajstić information content (AvgIpc) is 2.37. The van der Waals surface area contributed by atoms with E-state index in [1.54, 1.807) is 24.2 Å². The molecule has 1 aromatic heterocycles. The Balaban J connectivity index is 2.07. The van der Waals surface area contributed by atoms with Gasteiger partial charge < -0.3 is 5.73 Å². The average molecular weight is 245 g/mol. The Labute approximate surface area is 105 Å². The summed E-state index contributed by atoms with van der Waals surface area (Å²) in [5.41, 5.74) is 9.07. The van der Waals surface area contributed by atoms with Gasteiger partial charge in [0, 0.05) is 24.7 Å².